The Morgan fingerprint density at radius 3 is 2.07 bits per heavy atom. The number of aromatic amines is 1. The summed E-state index contributed by atoms with van der Waals surface area (Å²) in [5.41, 5.74) is 17.8. The lowest BCUT2D eigenvalue weighted by molar-refractivity contribution is -0.142. The van der Waals surface area contributed by atoms with Crippen molar-refractivity contribution in [3.8, 4) is 0 Å². The van der Waals surface area contributed by atoms with Crippen molar-refractivity contribution < 1.29 is 39.0 Å². The van der Waals surface area contributed by atoms with Crippen molar-refractivity contribution in [1.29, 1.82) is 0 Å². The topological polar surface area (TPSA) is 273 Å². The summed E-state index contributed by atoms with van der Waals surface area (Å²) in [5, 5.41) is 26.7. The molecule has 0 fully saturated rings. The Labute approximate surface area is 235 Å². The molecule has 0 bridgehead atoms. The van der Waals surface area contributed by atoms with Gasteiger partial charge in [0.15, 0.2) is 0 Å². The highest BCUT2D eigenvalue weighted by Gasteiger charge is 2.31. The van der Waals surface area contributed by atoms with Crippen molar-refractivity contribution in [3.63, 3.8) is 0 Å². The monoisotopic (exact) mass is 575 g/mol. The highest BCUT2D eigenvalue weighted by Crippen LogP contribution is 2.19. The van der Waals surface area contributed by atoms with Crippen LogP contribution in [0.3, 0.4) is 0 Å². The molecule has 224 valence electrons. The molecule has 4 atom stereocenters. The van der Waals surface area contributed by atoms with Crippen LogP contribution in [0.15, 0.2) is 30.5 Å². The number of hydrogen-bond donors (Lipinski definition) is 9. The summed E-state index contributed by atoms with van der Waals surface area (Å²) in [6.45, 7) is 0.317. The molecule has 1 heterocycles. The van der Waals surface area contributed by atoms with Gasteiger partial charge in [0.2, 0.25) is 23.6 Å². The molecule has 4 unspecified atom stereocenters. The Morgan fingerprint density at radius 2 is 1.46 bits per heavy atom. The molecule has 0 aliphatic carbocycles. The number of benzene rings is 1. The van der Waals surface area contributed by atoms with Gasteiger partial charge in [-0.15, -0.1) is 0 Å². The number of carboxylic acid groups (broad SMARTS) is 2. The van der Waals surface area contributed by atoms with Gasteiger partial charge in [0.1, 0.15) is 18.1 Å². The number of aliphatic carboxylic acids is 2. The molecule has 2 aromatic rings. The fraction of sp³-hybridized carbons (Fsp3) is 0.462. The van der Waals surface area contributed by atoms with E-state index < -0.39 is 66.2 Å². The quantitative estimate of drug-likeness (QED) is 0.0922. The number of amides is 4. The van der Waals surface area contributed by atoms with Gasteiger partial charge in [-0.2, -0.15) is 0 Å². The molecule has 2 rings (SSSR count). The lowest BCUT2D eigenvalue weighted by Crippen LogP contribution is -2.57. The molecule has 0 saturated carbocycles. The molecular formula is C26H37N7O8. The van der Waals surface area contributed by atoms with Gasteiger partial charge in [-0.3, -0.25) is 24.0 Å². The third kappa shape index (κ3) is 10.5. The zero-order valence-electron chi connectivity index (χ0n) is 22.4. The number of aromatic nitrogens is 1. The molecular weight excluding hydrogens is 538 g/mol. The van der Waals surface area contributed by atoms with E-state index in [1.165, 1.54) is 0 Å². The summed E-state index contributed by atoms with van der Waals surface area (Å²) < 4.78 is 0. The molecule has 0 aliphatic heterocycles. The minimum Gasteiger partial charge on any atom is -0.481 e. The second-order valence-corrected chi connectivity index (χ2v) is 9.58. The predicted octanol–water partition coefficient (Wildman–Crippen LogP) is -1.55. The van der Waals surface area contributed by atoms with E-state index in [1.807, 2.05) is 12.1 Å². The van der Waals surface area contributed by atoms with Crippen molar-refractivity contribution >= 4 is 46.5 Å². The van der Waals surface area contributed by atoms with Gasteiger partial charge in [-0.1, -0.05) is 18.2 Å². The predicted molar refractivity (Wildman–Crippen MR) is 147 cm³/mol. The van der Waals surface area contributed by atoms with Crippen molar-refractivity contribution in [2.75, 3.05) is 6.54 Å². The van der Waals surface area contributed by atoms with Crippen LogP contribution in [-0.4, -0.2) is 81.5 Å². The first-order valence-corrected chi connectivity index (χ1v) is 13.1. The second-order valence-electron chi connectivity index (χ2n) is 9.58. The molecule has 12 N–H and O–H groups in total. The van der Waals surface area contributed by atoms with Crippen molar-refractivity contribution in [1.82, 2.24) is 20.9 Å². The Bertz CT molecular complexity index is 1250. The normalized spacial score (nSPS) is 13.9. The summed E-state index contributed by atoms with van der Waals surface area (Å²) in [4.78, 5) is 76.2. The number of carbonyl (C=O) groups is 6. The number of para-hydroxylation sites is 1. The van der Waals surface area contributed by atoms with E-state index in [2.05, 4.69) is 20.9 Å². The number of H-pyrrole nitrogens is 1. The fourth-order valence-electron chi connectivity index (χ4n) is 4.14. The van der Waals surface area contributed by atoms with Gasteiger partial charge in [0.05, 0.1) is 12.5 Å². The standard InChI is InChI=1S/C26H37N7O8/c27-10-4-3-7-18(31-23(37)16(28)12-22(35)36)24(38)32-19(8-9-21(29)34)25(39)33-20(26(40)41)11-14-13-30-17-6-2-1-5-15(14)17/h1-2,5-6,13,16,18-20,30H,3-4,7-12,27-28H2,(H2,29,34)(H,31,37)(H,32,38)(H,33,39)(H,35,36)(H,40,41). The fourth-order valence-corrected chi connectivity index (χ4v) is 4.14. The van der Waals surface area contributed by atoms with Crippen molar-refractivity contribution in [3.05, 3.63) is 36.0 Å². The van der Waals surface area contributed by atoms with Crippen LogP contribution in [0.25, 0.3) is 10.9 Å². The van der Waals surface area contributed by atoms with E-state index in [-0.39, 0.29) is 25.7 Å². The lowest BCUT2D eigenvalue weighted by Gasteiger charge is -2.25. The first-order chi connectivity index (χ1) is 19.4. The Morgan fingerprint density at radius 1 is 0.854 bits per heavy atom. The van der Waals surface area contributed by atoms with Gasteiger partial charge < -0.3 is 48.3 Å². The number of hydrogen-bond acceptors (Lipinski definition) is 8. The van der Waals surface area contributed by atoms with Gasteiger partial charge in [0.25, 0.3) is 0 Å². The van der Waals surface area contributed by atoms with Crippen LogP contribution in [0, 0.1) is 0 Å². The molecule has 1 aromatic heterocycles. The van der Waals surface area contributed by atoms with Crippen LogP contribution in [-0.2, 0) is 35.2 Å². The zero-order valence-corrected chi connectivity index (χ0v) is 22.4. The third-order valence-corrected chi connectivity index (χ3v) is 6.34. The third-order valence-electron chi connectivity index (χ3n) is 6.34. The summed E-state index contributed by atoms with van der Waals surface area (Å²) in [6.07, 6.45) is 1.38. The van der Waals surface area contributed by atoms with E-state index in [0.717, 1.165) is 10.9 Å². The molecule has 0 radical (unpaired) electrons. The van der Waals surface area contributed by atoms with E-state index in [1.54, 1.807) is 18.3 Å². The minimum atomic E-state index is -1.42. The number of carboxylic acids is 2. The van der Waals surface area contributed by atoms with Gasteiger partial charge in [0, 0.05) is 29.9 Å². The maximum absolute atomic E-state index is 13.2. The average Bonchev–Trinajstić information content (AvgIpc) is 3.32. The number of fused-ring (bicyclic) bond motifs is 1. The molecule has 0 spiro atoms. The first-order valence-electron chi connectivity index (χ1n) is 13.1. The summed E-state index contributed by atoms with van der Waals surface area (Å²) in [7, 11) is 0. The van der Waals surface area contributed by atoms with Gasteiger partial charge >= 0.3 is 11.9 Å². The minimum absolute atomic E-state index is 0.0686. The number of carbonyl (C=O) groups excluding carboxylic acids is 4. The Kier molecular flexibility index (Phi) is 12.7. The van der Waals surface area contributed by atoms with E-state index in [4.69, 9.17) is 22.3 Å². The summed E-state index contributed by atoms with van der Waals surface area (Å²) in [5.74, 6) is -5.95. The number of rotatable bonds is 18. The number of nitrogens with two attached hydrogens (primary N) is 3. The molecule has 4 amide bonds. The summed E-state index contributed by atoms with van der Waals surface area (Å²) >= 11 is 0. The summed E-state index contributed by atoms with van der Waals surface area (Å²) in [6, 6.07) is 1.85. The first kappa shape index (κ1) is 32.7. The largest absolute Gasteiger partial charge is 0.481 e. The highest BCUT2D eigenvalue weighted by atomic mass is 16.4. The highest BCUT2D eigenvalue weighted by molar-refractivity contribution is 5.95. The smallest absolute Gasteiger partial charge is 0.326 e. The molecule has 0 saturated heterocycles. The Balaban J connectivity index is 2.20. The van der Waals surface area contributed by atoms with Gasteiger partial charge in [-0.05, 0) is 43.9 Å². The average molecular weight is 576 g/mol. The maximum atomic E-state index is 13.2. The molecule has 41 heavy (non-hydrogen) atoms. The van der Waals surface area contributed by atoms with Crippen LogP contribution >= 0.6 is 0 Å². The lowest BCUT2D eigenvalue weighted by atomic mass is 10.0. The van der Waals surface area contributed by atoms with Crippen LogP contribution in [0.2, 0.25) is 0 Å². The van der Waals surface area contributed by atoms with Crippen molar-refractivity contribution in [2.45, 2.75) is 69.1 Å². The van der Waals surface area contributed by atoms with E-state index >= 15 is 0 Å². The Hall–Kier alpha value is -4.50. The van der Waals surface area contributed by atoms with Crippen LogP contribution in [0.4, 0.5) is 0 Å². The van der Waals surface area contributed by atoms with Crippen LogP contribution in [0.1, 0.15) is 44.1 Å². The molecule has 0 aliphatic rings. The van der Waals surface area contributed by atoms with Gasteiger partial charge in [-0.25, -0.2) is 4.79 Å². The van der Waals surface area contributed by atoms with Crippen molar-refractivity contribution in [2.24, 2.45) is 17.2 Å². The molecule has 15 heteroatoms. The molecule has 15 nitrogen and oxygen atoms in total. The SMILES string of the molecule is NCCCCC(NC(=O)C(N)CC(=O)O)C(=O)NC(CCC(N)=O)C(=O)NC(Cc1c[nH]c2ccccc12)C(=O)O. The number of unbranched alkanes of at least 4 members (excludes halogenated alkanes) is 1. The van der Waals surface area contributed by atoms with E-state index in [9.17, 15) is 33.9 Å². The van der Waals surface area contributed by atoms with Crippen LogP contribution < -0.4 is 33.2 Å². The zero-order chi connectivity index (χ0) is 30.5. The second kappa shape index (κ2) is 15.9. The number of primary amides is 1. The number of nitrogens with one attached hydrogen (secondary N) is 4. The maximum Gasteiger partial charge on any atom is 0.326 e. The van der Waals surface area contributed by atoms with Crippen LogP contribution in [0.5, 0.6) is 0 Å². The molecule has 1 aromatic carbocycles. The van der Waals surface area contributed by atoms with E-state index in [0.29, 0.717) is 24.9 Å².